The van der Waals surface area contributed by atoms with Crippen molar-refractivity contribution < 1.29 is 29.4 Å². The van der Waals surface area contributed by atoms with E-state index in [9.17, 15) is 24.0 Å². The van der Waals surface area contributed by atoms with Crippen molar-refractivity contribution in [2.75, 3.05) is 41.3 Å². The lowest BCUT2D eigenvalue weighted by atomic mass is 10.1. The van der Waals surface area contributed by atoms with E-state index in [1.807, 2.05) is 0 Å². The number of rotatable bonds is 9. The van der Waals surface area contributed by atoms with Crippen LogP contribution >= 0.6 is 0 Å². The number of nitrogens with one attached hydrogen (secondary N) is 6. The number of H-pyrrole nitrogens is 1. The number of carboxylic acids is 2. The third-order valence-electron chi connectivity index (χ3n) is 5.67. The maximum Gasteiger partial charge on any atom is 0.326 e. The number of carbonyl (C=O) groups is 4. The van der Waals surface area contributed by atoms with Crippen molar-refractivity contribution in [2.45, 2.75) is 37.8 Å². The Morgan fingerprint density at radius 1 is 1.13 bits per heavy atom. The number of carboxylic acid groups (broad SMARTS) is 2. The summed E-state index contributed by atoms with van der Waals surface area (Å²) >= 11 is 0. The van der Waals surface area contributed by atoms with Crippen LogP contribution < -0.4 is 37.9 Å². The van der Waals surface area contributed by atoms with Gasteiger partial charge in [0.15, 0.2) is 0 Å². The first-order valence-corrected chi connectivity index (χ1v) is 11.9. The number of benzene rings is 1. The van der Waals surface area contributed by atoms with Gasteiger partial charge in [0.25, 0.3) is 11.5 Å². The van der Waals surface area contributed by atoms with Gasteiger partial charge in [0.2, 0.25) is 11.9 Å². The summed E-state index contributed by atoms with van der Waals surface area (Å²) in [6, 6.07) is 4.93. The van der Waals surface area contributed by atoms with Gasteiger partial charge in [0, 0.05) is 43.7 Å². The summed E-state index contributed by atoms with van der Waals surface area (Å²) in [5.41, 5.74) is 6.31. The molecule has 0 aliphatic carbocycles. The van der Waals surface area contributed by atoms with E-state index in [-0.39, 0.29) is 36.3 Å². The van der Waals surface area contributed by atoms with E-state index in [1.54, 1.807) is 12.1 Å². The van der Waals surface area contributed by atoms with E-state index in [4.69, 9.17) is 15.9 Å². The lowest BCUT2D eigenvalue weighted by Crippen LogP contribution is -2.41. The van der Waals surface area contributed by atoms with Gasteiger partial charge in [0.1, 0.15) is 17.5 Å². The van der Waals surface area contributed by atoms with Gasteiger partial charge in [-0.2, -0.15) is 4.98 Å². The molecule has 0 spiro atoms. The smallest absolute Gasteiger partial charge is 0.326 e. The monoisotopic (exact) mass is 530 g/mol. The predicted octanol–water partition coefficient (Wildman–Crippen LogP) is -0.386. The van der Waals surface area contributed by atoms with E-state index in [0.29, 0.717) is 30.3 Å². The number of hydrogen-bond acceptors (Lipinski definition) is 10. The SMILES string of the molecule is Nc1nc(=O)c2c([nH]1)NC[C@@H](CNc1ccc(C(=O)N[C@@H](CCC(=O)O)C(=O)O)cc1)N2.O=C1CCCN1. The minimum absolute atomic E-state index is 0.0281. The Balaban J connectivity index is 0.000000585. The average Bonchev–Trinajstić information content (AvgIpc) is 3.36. The molecule has 2 amide bonds. The fourth-order valence-corrected chi connectivity index (χ4v) is 3.67. The van der Waals surface area contributed by atoms with Crippen molar-refractivity contribution in [3.8, 4) is 0 Å². The minimum Gasteiger partial charge on any atom is -0.481 e. The van der Waals surface area contributed by atoms with Gasteiger partial charge in [-0.1, -0.05) is 0 Å². The summed E-state index contributed by atoms with van der Waals surface area (Å²) in [5, 5.41) is 32.2. The highest BCUT2D eigenvalue weighted by molar-refractivity contribution is 5.97. The summed E-state index contributed by atoms with van der Waals surface area (Å²) in [6.07, 6.45) is 1.18. The Kier molecular flexibility index (Phi) is 9.45. The first kappa shape index (κ1) is 27.8. The molecule has 15 nitrogen and oxygen atoms in total. The highest BCUT2D eigenvalue weighted by Crippen LogP contribution is 2.20. The first-order chi connectivity index (χ1) is 18.1. The number of anilines is 4. The van der Waals surface area contributed by atoms with Crippen molar-refractivity contribution in [1.29, 1.82) is 0 Å². The normalized spacial score (nSPS) is 16.3. The Bertz CT molecular complexity index is 1220. The lowest BCUT2D eigenvalue weighted by molar-refractivity contribution is -0.140. The van der Waals surface area contributed by atoms with Gasteiger partial charge >= 0.3 is 11.9 Å². The molecule has 0 unspecified atom stereocenters. The third kappa shape index (κ3) is 8.11. The summed E-state index contributed by atoms with van der Waals surface area (Å²) in [5.74, 6) is -2.34. The van der Waals surface area contributed by atoms with Gasteiger partial charge in [-0.3, -0.25) is 19.2 Å². The summed E-state index contributed by atoms with van der Waals surface area (Å²) in [7, 11) is 0. The lowest BCUT2D eigenvalue weighted by Gasteiger charge is -2.27. The molecule has 38 heavy (non-hydrogen) atoms. The molecule has 0 bridgehead atoms. The zero-order valence-corrected chi connectivity index (χ0v) is 20.4. The predicted molar refractivity (Wildman–Crippen MR) is 138 cm³/mol. The average molecular weight is 531 g/mol. The van der Waals surface area contributed by atoms with Gasteiger partial charge in [-0.15, -0.1) is 0 Å². The molecule has 1 aromatic heterocycles. The van der Waals surface area contributed by atoms with Crippen LogP contribution in [0.5, 0.6) is 0 Å². The van der Waals surface area contributed by atoms with Crippen LogP contribution in [-0.2, 0) is 14.4 Å². The van der Waals surface area contributed by atoms with Crippen LogP contribution in [-0.4, -0.2) is 75.7 Å². The number of aliphatic carboxylic acids is 2. The Hall–Kier alpha value is -4.82. The Morgan fingerprint density at radius 2 is 1.87 bits per heavy atom. The van der Waals surface area contributed by atoms with E-state index < -0.39 is 29.4 Å². The van der Waals surface area contributed by atoms with E-state index in [0.717, 1.165) is 19.4 Å². The molecule has 1 aromatic carbocycles. The van der Waals surface area contributed by atoms with Crippen LogP contribution in [0.15, 0.2) is 29.1 Å². The number of hydrogen-bond donors (Lipinski definition) is 9. The number of nitrogens with zero attached hydrogens (tertiary/aromatic N) is 1. The van der Waals surface area contributed by atoms with E-state index >= 15 is 0 Å². The van der Waals surface area contributed by atoms with E-state index in [1.165, 1.54) is 12.1 Å². The molecule has 0 saturated carbocycles. The zero-order valence-electron chi connectivity index (χ0n) is 20.4. The summed E-state index contributed by atoms with van der Waals surface area (Å²) in [4.78, 5) is 62.7. The fraction of sp³-hybridized carbons (Fsp3) is 0.391. The standard InChI is InChI=1S/C19H23N7O6.C4H7NO/c20-19-25-15-14(17(30)26-19)23-11(8-22-15)7-21-10-3-1-9(2-4-10)16(29)24-12(18(31)32)5-6-13(27)28;6-4-2-1-3-5-4/h1-4,11-12,21,23H,5-8H2,(H,24,29)(H,27,28)(H,31,32)(H4,20,22,25,26,30);1-3H2,(H,5,6)/t11-,12+;/m1./s1. The second-order valence-electron chi connectivity index (χ2n) is 8.61. The van der Waals surface area contributed by atoms with Gasteiger partial charge in [-0.25, -0.2) is 4.79 Å². The quantitative estimate of drug-likeness (QED) is 0.201. The Morgan fingerprint density at radius 3 is 2.45 bits per heavy atom. The van der Waals surface area contributed by atoms with Crippen LogP contribution in [0.1, 0.15) is 36.0 Å². The number of nitrogen functional groups attached to an aromatic ring is 1. The molecule has 204 valence electrons. The second-order valence-corrected chi connectivity index (χ2v) is 8.61. The van der Waals surface area contributed by atoms with Crippen LogP contribution in [0.25, 0.3) is 0 Å². The number of fused-ring (bicyclic) bond motifs is 1. The zero-order chi connectivity index (χ0) is 27.7. The summed E-state index contributed by atoms with van der Waals surface area (Å²) < 4.78 is 0. The number of aromatic amines is 1. The topological polar surface area (TPSA) is 241 Å². The maximum absolute atomic E-state index is 12.3. The highest BCUT2D eigenvalue weighted by Gasteiger charge is 2.22. The number of carbonyl (C=O) groups excluding carboxylic acids is 2. The first-order valence-electron chi connectivity index (χ1n) is 11.9. The van der Waals surface area contributed by atoms with Gasteiger partial charge < -0.3 is 47.5 Å². The van der Waals surface area contributed by atoms with Gasteiger partial charge in [-0.05, 0) is 37.1 Å². The molecule has 0 radical (unpaired) electrons. The molecule has 2 atom stereocenters. The minimum atomic E-state index is -1.30. The number of amides is 2. The largest absolute Gasteiger partial charge is 0.481 e. The molecule has 15 heteroatoms. The van der Waals surface area contributed by atoms with E-state index in [2.05, 4.69) is 36.6 Å². The summed E-state index contributed by atoms with van der Waals surface area (Å²) in [6.45, 7) is 1.86. The highest BCUT2D eigenvalue weighted by atomic mass is 16.4. The van der Waals surface area contributed by atoms with Crippen LogP contribution in [0, 0.1) is 0 Å². The molecular formula is C23H30N8O7. The van der Waals surface area contributed by atoms with Crippen LogP contribution in [0.3, 0.4) is 0 Å². The molecule has 2 aliphatic heterocycles. The van der Waals surface area contributed by atoms with Crippen LogP contribution in [0.2, 0.25) is 0 Å². The maximum atomic E-state index is 12.3. The number of aromatic nitrogens is 2. The molecular weight excluding hydrogens is 500 g/mol. The molecule has 2 aromatic rings. The van der Waals surface area contributed by atoms with Crippen molar-refractivity contribution in [1.82, 2.24) is 20.6 Å². The molecule has 4 rings (SSSR count). The third-order valence-corrected chi connectivity index (χ3v) is 5.67. The molecule has 1 fully saturated rings. The molecule has 1 saturated heterocycles. The van der Waals surface area contributed by atoms with Crippen molar-refractivity contribution in [3.05, 3.63) is 40.2 Å². The molecule has 10 N–H and O–H groups in total. The van der Waals surface area contributed by atoms with Gasteiger partial charge in [0.05, 0.1) is 6.04 Å². The van der Waals surface area contributed by atoms with Crippen LogP contribution in [0.4, 0.5) is 23.1 Å². The Labute approximate surface area is 216 Å². The van der Waals surface area contributed by atoms with Crippen molar-refractivity contribution in [3.63, 3.8) is 0 Å². The van der Waals surface area contributed by atoms with Crippen molar-refractivity contribution >= 4 is 46.9 Å². The van der Waals surface area contributed by atoms with Crippen molar-refractivity contribution in [2.24, 2.45) is 0 Å². The number of nitrogens with two attached hydrogens (primary N) is 1. The molecule has 2 aliphatic rings. The fourth-order valence-electron chi connectivity index (χ4n) is 3.67. The second kappa shape index (κ2) is 12.9. The molecule has 3 heterocycles.